The minimum absolute atomic E-state index is 0.0157. The van der Waals surface area contributed by atoms with Crippen LogP contribution in [0.15, 0.2) is 42.5 Å². The van der Waals surface area contributed by atoms with Crippen LogP contribution in [0.3, 0.4) is 0 Å². The molecule has 0 radical (unpaired) electrons. The van der Waals surface area contributed by atoms with Crippen molar-refractivity contribution in [2.45, 2.75) is 20.5 Å². The third kappa shape index (κ3) is 7.84. The number of carbonyl (C=O) groups excluding carboxylic acids is 4. The largest absolute Gasteiger partial charge is 0.454 e. The lowest BCUT2D eigenvalue weighted by Crippen LogP contribution is -2.36. The molecular weight excluding hydrogens is 414 g/mol. The second kappa shape index (κ2) is 10.8. The minimum Gasteiger partial charge on any atom is -0.454 e. The molecule has 0 heterocycles. The van der Waals surface area contributed by atoms with E-state index in [0.717, 1.165) is 23.3 Å². The molecule has 0 saturated heterocycles. The van der Waals surface area contributed by atoms with Crippen LogP contribution >= 0.6 is 0 Å². The van der Waals surface area contributed by atoms with Crippen molar-refractivity contribution >= 4 is 23.7 Å². The van der Waals surface area contributed by atoms with Crippen molar-refractivity contribution in [2.24, 2.45) is 0 Å². The number of hydrogen-bond donors (Lipinski definition) is 2. The van der Waals surface area contributed by atoms with Crippen LogP contribution in [0, 0.1) is 13.8 Å². The van der Waals surface area contributed by atoms with E-state index in [1.54, 1.807) is 12.1 Å². The van der Waals surface area contributed by atoms with Crippen LogP contribution < -0.4 is 15.4 Å². The Morgan fingerprint density at radius 1 is 0.903 bits per heavy atom. The molecule has 10 heteroatoms. The number of ether oxygens (including phenoxy) is 2. The second-order valence-electron chi connectivity index (χ2n) is 6.50. The van der Waals surface area contributed by atoms with Crippen molar-refractivity contribution in [3.8, 4) is 5.75 Å². The summed E-state index contributed by atoms with van der Waals surface area (Å²) >= 11 is 0. The molecule has 0 bridgehead atoms. The van der Waals surface area contributed by atoms with E-state index in [9.17, 15) is 28.0 Å². The van der Waals surface area contributed by atoms with Crippen molar-refractivity contribution in [1.29, 1.82) is 0 Å². The van der Waals surface area contributed by atoms with Gasteiger partial charge >= 0.3 is 12.6 Å². The number of esters is 1. The maximum atomic E-state index is 12.1. The molecule has 31 heavy (non-hydrogen) atoms. The average molecular weight is 434 g/mol. The molecule has 0 aliphatic heterocycles. The first-order valence-corrected chi connectivity index (χ1v) is 9.05. The van der Waals surface area contributed by atoms with Gasteiger partial charge in [0.05, 0.1) is 0 Å². The smallest absolute Gasteiger partial charge is 0.387 e. The molecule has 164 valence electrons. The Morgan fingerprint density at radius 2 is 1.52 bits per heavy atom. The lowest BCUT2D eigenvalue weighted by molar-refractivity contribution is -0.147. The summed E-state index contributed by atoms with van der Waals surface area (Å²) in [6, 6.07) is 9.89. The average Bonchev–Trinajstić information content (AvgIpc) is 2.69. The summed E-state index contributed by atoms with van der Waals surface area (Å²) in [7, 11) is 0. The first kappa shape index (κ1) is 23.5. The Balaban J connectivity index is 1.75. The number of carbonyl (C=O) groups is 4. The van der Waals surface area contributed by atoms with E-state index in [2.05, 4.69) is 10.1 Å². The van der Waals surface area contributed by atoms with Gasteiger partial charge in [0, 0.05) is 11.1 Å². The zero-order valence-electron chi connectivity index (χ0n) is 16.7. The zero-order valence-corrected chi connectivity index (χ0v) is 16.7. The van der Waals surface area contributed by atoms with Crippen LogP contribution in [0.1, 0.15) is 31.8 Å². The topological polar surface area (TPSA) is 111 Å². The van der Waals surface area contributed by atoms with Gasteiger partial charge in [0.2, 0.25) is 0 Å². The lowest BCUT2D eigenvalue weighted by atomic mass is 10.1. The Kier molecular flexibility index (Phi) is 8.18. The summed E-state index contributed by atoms with van der Waals surface area (Å²) in [4.78, 5) is 47.5. The third-order valence-electron chi connectivity index (χ3n) is 3.84. The summed E-state index contributed by atoms with van der Waals surface area (Å²) in [6.07, 6.45) is 0. The molecule has 2 aromatic carbocycles. The Hall–Kier alpha value is -3.82. The normalized spacial score (nSPS) is 10.4. The van der Waals surface area contributed by atoms with Crippen LogP contribution in [0.25, 0.3) is 0 Å². The molecule has 0 aliphatic carbocycles. The van der Waals surface area contributed by atoms with E-state index < -0.39 is 43.5 Å². The van der Waals surface area contributed by atoms with Gasteiger partial charge in [-0.2, -0.15) is 8.78 Å². The SMILES string of the molecule is Cc1cc(C)cc(C(=O)NCC(=O)OCC(=O)NC(=O)c2ccc(OC(F)F)cc2)c1. The highest BCUT2D eigenvalue weighted by atomic mass is 19.3. The monoisotopic (exact) mass is 434 g/mol. The molecule has 0 saturated carbocycles. The molecule has 2 rings (SSSR count). The number of halogens is 2. The number of hydrogen-bond acceptors (Lipinski definition) is 6. The number of rotatable bonds is 8. The highest BCUT2D eigenvalue weighted by Gasteiger charge is 2.14. The van der Waals surface area contributed by atoms with Crippen LogP contribution in [-0.2, 0) is 14.3 Å². The van der Waals surface area contributed by atoms with Crippen molar-refractivity contribution in [2.75, 3.05) is 13.2 Å². The molecule has 0 unspecified atom stereocenters. The maximum Gasteiger partial charge on any atom is 0.387 e. The predicted molar refractivity (Wildman–Crippen MR) is 105 cm³/mol. The number of aryl methyl sites for hydroxylation is 2. The van der Waals surface area contributed by atoms with Crippen molar-refractivity contribution in [3.63, 3.8) is 0 Å². The number of amides is 3. The fourth-order valence-electron chi connectivity index (χ4n) is 2.58. The molecule has 0 atom stereocenters. The molecule has 0 spiro atoms. The minimum atomic E-state index is -3.00. The van der Waals surface area contributed by atoms with Gasteiger partial charge in [-0.1, -0.05) is 17.2 Å². The third-order valence-corrected chi connectivity index (χ3v) is 3.84. The molecular formula is C21H20F2N2O6. The highest BCUT2D eigenvalue weighted by Crippen LogP contribution is 2.14. The van der Waals surface area contributed by atoms with Crippen LogP contribution in [0.5, 0.6) is 5.75 Å². The fraction of sp³-hybridized carbons (Fsp3) is 0.238. The van der Waals surface area contributed by atoms with Crippen LogP contribution in [0.4, 0.5) is 8.78 Å². The van der Waals surface area contributed by atoms with Crippen LogP contribution in [-0.4, -0.2) is 43.5 Å². The van der Waals surface area contributed by atoms with E-state index in [1.165, 1.54) is 12.1 Å². The van der Waals surface area contributed by atoms with Crippen molar-refractivity contribution in [3.05, 3.63) is 64.7 Å². The molecule has 0 aliphatic rings. The van der Waals surface area contributed by atoms with Crippen LogP contribution in [0.2, 0.25) is 0 Å². The highest BCUT2D eigenvalue weighted by molar-refractivity contribution is 6.05. The molecule has 0 fully saturated rings. The van der Waals surface area contributed by atoms with Gasteiger partial charge in [0.15, 0.2) is 6.61 Å². The van der Waals surface area contributed by atoms with Crippen molar-refractivity contribution < 1.29 is 37.4 Å². The Morgan fingerprint density at radius 3 is 2.10 bits per heavy atom. The van der Waals surface area contributed by atoms with E-state index in [4.69, 9.17) is 4.74 Å². The van der Waals surface area contributed by atoms with E-state index in [1.807, 2.05) is 25.2 Å². The number of alkyl halides is 2. The standard InChI is InChI=1S/C21H20F2N2O6/c1-12-7-13(2)9-15(8-12)19(28)24-10-18(27)30-11-17(26)25-20(29)14-3-5-16(6-4-14)31-21(22)23/h3-9,21H,10-11H2,1-2H3,(H,24,28)(H,25,26,29). The summed E-state index contributed by atoms with van der Waals surface area (Å²) in [6.45, 7) is -0.524. The fourth-order valence-corrected chi connectivity index (χ4v) is 2.58. The molecule has 8 nitrogen and oxygen atoms in total. The first-order valence-electron chi connectivity index (χ1n) is 9.05. The lowest BCUT2D eigenvalue weighted by Gasteiger charge is -2.08. The summed E-state index contributed by atoms with van der Waals surface area (Å²) < 4.78 is 33.1. The van der Waals surface area contributed by atoms with E-state index in [-0.39, 0.29) is 11.3 Å². The maximum absolute atomic E-state index is 12.1. The Bertz CT molecular complexity index is 956. The quantitative estimate of drug-likeness (QED) is 0.616. The molecule has 0 aromatic heterocycles. The number of nitrogens with one attached hydrogen (secondary N) is 2. The van der Waals surface area contributed by atoms with Gasteiger partial charge in [0.1, 0.15) is 12.3 Å². The zero-order chi connectivity index (χ0) is 23.0. The number of imide groups is 1. The van der Waals surface area contributed by atoms with Gasteiger partial charge in [-0.05, 0) is 50.2 Å². The van der Waals surface area contributed by atoms with Gasteiger partial charge < -0.3 is 14.8 Å². The molecule has 2 aromatic rings. The summed E-state index contributed by atoms with van der Waals surface area (Å²) in [5, 5.41) is 4.37. The summed E-state index contributed by atoms with van der Waals surface area (Å²) in [5.41, 5.74) is 2.19. The molecule has 3 amide bonds. The van der Waals surface area contributed by atoms with E-state index >= 15 is 0 Å². The number of benzene rings is 2. The Labute approximate surface area is 176 Å². The summed E-state index contributed by atoms with van der Waals surface area (Å²) in [5.74, 6) is -3.19. The predicted octanol–water partition coefficient (Wildman–Crippen LogP) is 2.13. The second-order valence-corrected chi connectivity index (χ2v) is 6.50. The van der Waals surface area contributed by atoms with Gasteiger partial charge in [-0.15, -0.1) is 0 Å². The van der Waals surface area contributed by atoms with Crippen molar-refractivity contribution in [1.82, 2.24) is 10.6 Å². The van der Waals surface area contributed by atoms with Gasteiger partial charge in [-0.25, -0.2) is 0 Å². The first-order chi connectivity index (χ1) is 14.6. The van der Waals surface area contributed by atoms with E-state index in [0.29, 0.717) is 5.56 Å². The van der Waals surface area contributed by atoms with Gasteiger partial charge in [0.25, 0.3) is 17.7 Å². The van der Waals surface area contributed by atoms with Gasteiger partial charge in [-0.3, -0.25) is 24.5 Å². The molecule has 2 N–H and O–H groups in total.